The summed E-state index contributed by atoms with van der Waals surface area (Å²) >= 11 is 0. The molecule has 12 nitrogen and oxygen atoms in total. The number of hydroxylamine groups is 2. The number of nitrogens with zero attached hydrogens (tertiary/aromatic N) is 2. The van der Waals surface area contributed by atoms with Crippen LogP contribution in [0.25, 0.3) is 0 Å². The number of ether oxygens (including phenoxy) is 1. The highest BCUT2D eigenvalue weighted by molar-refractivity contribution is 7.89. The lowest BCUT2D eigenvalue weighted by Gasteiger charge is -2.17. The van der Waals surface area contributed by atoms with Gasteiger partial charge in [-0.3, -0.25) is 25.5 Å². The first-order chi connectivity index (χ1) is 16.3. The highest BCUT2D eigenvalue weighted by atomic mass is 32.2. The van der Waals surface area contributed by atoms with Gasteiger partial charge in [-0.2, -0.15) is 9.98 Å². The highest BCUT2D eigenvalue weighted by Gasteiger charge is 2.25. The van der Waals surface area contributed by atoms with Gasteiger partial charge in [-0.1, -0.05) is 0 Å². The van der Waals surface area contributed by atoms with Crippen molar-refractivity contribution in [3.63, 3.8) is 0 Å². The maximum absolute atomic E-state index is 13.0. The minimum atomic E-state index is -4.12. The topological polar surface area (TPSA) is 185 Å². The Balaban J connectivity index is 1.98. The Bertz CT molecular complexity index is 1120. The standard InChI is InChI=1S/C20H23FN6O6S/c21-14-4-6-15(7-5-14)33-16-8-10-17(11-9-16)34(31,32)27-18(19(28)25-29)3-1-2-12-23-20(26-30)24-13-22/h4-11,18,27,29-30H,1-3,12H2,(H,25,28)(H2,23,24,26)/t18-/m1/s1. The van der Waals surface area contributed by atoms with E-state index in [0.29, 0.717) is 24.3 Å². The van der Waals surface area contributed by atoms with E-state index in [1.165, 1.54) is 54.0 Å². The van der Waals surface area contributed by atoms with Crippen molar-refractivity contribution in [1.29, 1.82) is 5.26 Å². The number of unbranched alkanes of at least 4 members (excludes halogenated alkanes) is 1. The lowest BCUT2D eigenvalue weighted by atomic mass is 10.1. The average molecular weight is 495 g/mol. The summed E-state index contributed by atoms with van der Waals surface area (Å²) in [6.45, 7) is 0.174. The quantitative estimate of drug-likeness (QED) is 0.0510. The molecule has 0 saturated carbocycles. The molecular formula is C20H23FN6O6S. The second-order valence-electron chi connectivity index (χ2n) is 6.75. The Morgan fingerprint density at radius 1 is 1.06 bits per heavy atom. The molecule has 0 aliphatic heterocycles. The van der Waals surface area contributed by atoms with Crippen molar-refractivity contribution in [1.82, 2.24) is 21.0 Å². The molecule has 0 aliphatic carbocycles. The molecule has 0 fully saturated rings. The largest absolute Gasteiger partial charge is 0.457 e. The van der Waals surface area contributed by atoms with Crippen LogP contribution in [-0.4, -0.2) is 43.3 Å². The van der Waals surface area contributed by atoms with Crippen LogP contribution in [0.5, 0.6) is 11.5 Å². The fourth-order valence-corrected chi connectivity index (χ4v) is 3.94. The van der Waals surface area contributed by atoms with Gasteiger partial charge in [0.25, 0.3) is 5.91 Å². The molecule has 0 heterocycles. The van der Waals surface area contributed by atoms with Gasteiger partial charge in [-0.05, 0) is 67.8 Å². The van der Waals surface area contributed by atoms with Crippen LogP contribution in [-0.2, 0) is 14.8 Å². The van der Waals surface area contributed by atoms with Gasteiger partial charge in [-0.15, -0.1) is 0 Å². The summed E-state index contributed by atoms with van der Waals surface area (Å²) in [5, 5.41) is 28.3. The lowest BCUT2D eigenvalue weighted by Crippen LogP contribution is -2.45. The van der Waals surface area contributed by atoms with E-state index in [4.69, 9.17) is 20.4 Å². The molecule has 0 bridgehead atoms. The molecular weight excluding hydrogens is 471 g/mol. The second-order valence-corrected chi connectivity index (χ2v) is 8.47. The minimum Gasteiger partial charge on any atom is -0.457 e. The van der Waals surface area contributed by atoms with Crippen molar-refractivity contribution < 1.29 is 32.8 Å². The molecule has 2 rings (SSSR count). The first kappa shape index (κ1) is 26.5. The third-order valence-corrected chi connectivity index (χ3v) is 5.85. The SMILES string of the molecule is N#CNC(=NCCCC[C@@H](NS(=O)(=O)c1ccc(Oc2ccc(F)cc2)cc1)C(=O)NO)NO. The van der Waals surface area contributed by atoms with Crippen LogP contribution in [0.2, 0.25) is 0 Å². The molecule has 2 aromatic carbocycles. The number of benzene rings is 2. The van der Waals surface area contributed by atoms with E-state index >= 15 is 0 Å². The Morgan fingerprint density at radius 2 is 1.68 bits per heavy atom. The normalized spacial score (nSPS) is 12.4. The van der Waals surface area contributed by atoms with E-state index in [1.807, 2.05) is 0 Å². The van der Waals surface area contributed by atoms with Gasteiger partial charge in [0.1, 0.15) is 23.4 Å². The lowest BCUT2D eigenvalue weighted by molar-refractivity contribution is -0.131. The molecule has 0 unspecified atom stereocenters. The zero-order chi connectivity index (χ0) is 25.0. The highest BCUT2D eigenvalue weighted by Crippen LogP contribution is 2.23. The molecule has 0 spiro atoms. The molecule has 1 atom stereocenters. The molecule has 2 aromatic rings. The maximum Gasteiger partial charge on any atom is 0.261 e. The molecule has 1 amide bonds. The number of rotatable bonds is 11. The minimum absolute atomic E-state index is 0.0421. The number of carbonyl (C=O) groups excluding carboxylic acids is 1. The van der Waals surface area contributed by atoms with E-state index in [-0.39, 0.29) is 23.8 Å². The number of sulfonamides is 1. The Morgan fingerprint density at radius 3 is 2.24 bits per heavy atom. The number of hydrogen-bond donors (Lipinski definition) is 6. The summed E-state index contributed by atoms with van der Waals surface area (Å²) in [6.07, 6.45) is 2.35. The van der Waals surface area contributed by atoms with Gasteiger partial charge in [0.2, 0.25) is 16.0 Å². The number of amides is 1. The van der Waals surface area contributed by atoms with Crippen molar-refractivity contribution in [3.05, 3.63) is 54.3 Å². The summed E-state index contributed by atoms with van der Waals surface area (Å²) in [7, 11) is -4.12. The monoisotopic (exact) mass is 494 g/mol. The van der Waals surface area contributed by atoms with Crippen LogP contribution in [0.15, 0.2) is 58.4 Å². The molecule has 6 N–H and O–H groups in total. The zero-order valence-corrected chi connectivity index (χ0v) is 18.5. The van der Waals surface area contributed by atoms with Crippen LogP contribution in [0.1, 0.15) is 19.3 Å². The van der Waals surface area contributed by atoms with Crippen molar-refractivity contribution >= 4 is 21.9 Å². The first-order valence-corrected chi connectivity index (χ1v) is 11.4. The fraction of sp³-hybridized carbons (Fsp3) is 0.250. The number of nitrogens with one attached hydrogen (secondary N) is 4. The summed E-state index contributed by atoms with van der Waals surface area (Å²) in [5.74, 6) is -0.827. The van der Waals surface area contributed by atoms with Crippen LogP contribution >= 0.6 is 0 Å². The van der Waals surface area contributed by atoms with E-state index < -0.39 is 27.8 Å². The van der Waals surface area contributed by atoms with Gasteiger partial charge >= 0.3 is 0 Å². The van der Waals surface area contributed by atoms with Gasteiger partial charge < -0.3 is 4.74 Å². The van der Waals surface area contributed by atoms with Crippen molar-refractivity contribution in [3.8, 4) is 17.7 Å². The smallest absolute Gasteiger partial charge is 0.261 e. The fourth-order valence-electron chi connectivity index (χ4n) is 2.71. The van der Waals surface area contributed by atoms with Gasteiger partial charge in [-0.25, -0.2) is 23.8 Å². The van der Waals surface area contributed by atoms with Gasteiger partial charge in [0.15, 0.2) is 6.19 Å². The van der Waals surface area contributed by atoms with E-state index in [1.54, 1.807) is 11.7 Å². The number of aliphatic imine (C=N–C) groups is 1. The van der Waals surface area contributed by atoms with Gasteiger partial charge in [0, 0.05) is 6.54 Å². The van der Waals surface area contributed by atoms with Crippen LogP contribution < -0.4 is 25.7 Å². The van der Waals surface area contributed by atoms with Crippen molar-refractivity contribution in [2.75, 3.05) is 6.54 Å². The number of nitriles is 1. The van der Waals surface area contributed by atoms with Crippen LogP contribution in [0, 0.1) is 17.3 Å². The third kappa shape index (κ3) is 8.30. The van der Waals surface area contributed by atoms with E-state index in [0.717, 1.165) is 0 Å². The Kier molecular flexibility index (Phi) is 10.2. The number of hydrogen-bond acceptors (Lipinski definition) is 8. The molecule has 34 heavy (non-hydrogen) atoms. The molecule has 0 aliphatic rings. The van der Waals surface area contributed by atoms with Crippen LogP contribution in [0.4, 0.5) is 4.39 Å². The summed E-state index contributed by atoms with van der Waals surface area (Å²) in [6, 6.07) is 9.38. The maximum atomic E-state index is 13.0. The summed E-state index contributed by atoms with van der Waals surface area (Å²) in [5.41, 5.74) is 3.14. The van der Waals surface area contributed by atoms with Crippen molar-refractivity contribution in [2.24, 2.45) is 4.99 Å². The van der Waals surface area contributed by atoms with Crippen LogP contribution in [0.3, 0.4) is 0 Å². The molecule has 0 saturated heterocycles. The number of guanidine groups is 1. The predicted octanol–water partition coefficient (Wildman–Crippen LogP) is 1.35. The third-order valence-electron chi connectivity index (χ3n) is 4.36. The predicted molar refractivity (Wildman–Crippen MR) is 117 cm³/mol. The average Bonchev–Trinajstić information content (AvgIpc) is 2.83. The van der Waals surface area contributed by atoms with Gasteiger partial charge in [0.05, 0.1) is 4.90 Å². The molecule has 0 radical (unpaired) electrons. The Labute approximate surface area is 195 Å². The zero-order valence-electron chi connectivity index (χ0n) is 17.7. The Hall–Kier alpha value is -3.77. The summed E-state index contributed by atoms with van der Waals surface area (Å²) < 4.78 is 46.2. The number of halogens is 1. The molecule has 14 heteroatoms. The number of carbonyl (C=O) groups is 1. The van der Waals surface area contributed by atoms with Crippen molar-refractivity contribution in [2.45, 2.75) is 30.2 Å². The van der Waals surface area contributed by atoms with E-state index in [2.05, 4.69) is 15.0 Å². The molecule has 0 aromatic heterocycles. The summed E-state index contributed by atoms with van der Waals surface area (Å²) in [4.78, 5) is 15.7. The van der Waals surface area contributed by atoms with E-state index in [9.17, 15) is 17.6 Å². The second kappa shape index (κ2) is 13.1. The first-order valence-electron chi connectivity index (χ1n) is 9.88. The molecule has 182 valence electrons.